The number of carbonyl (C=O) groups excluding carboxylic acids is 1. The Labute approximate surface area is 134 Å². The minimum atomic E-state index is -0.463. The summed E-state index contributed by atoms with van der Waals surface area (Å²) in [5.74, 6) is 0.817. The zero-order chi connectivity index (χ0) is 16.1. The van der Waals surface area contributed by atoms with Crippen molar-refractivity contribution in [2.45, 2.75) is 46.2 Å². The highest BCUT2D eigenvalue weighted by Gasteiger charge is 2.18. The van der Waals surface area contributed by atoms with Crippen LogP contribution in [-0.4, -0.2) is 29.9 Å². The fourth-order valence-corrected chi connectivity index (χ4v) is 2.91. The molecule has 2 rings (SSSR count). The minimum absolute atomic E-state index is 0.118. The van der Waals surface area contributed by atoms with Gasteiger partial charge in [0.2, 0.25) is 5.91 Å². The fourth-order valence-electron chi connectivity index (χ4n) is 2.91. The van der Waals surface area contributed by atoms with Crippen molar-refractivity contribution in [3.63, 3.8) is 0 Å². The van der Waals surface area contributed by atoms with Crippen molar-refractivity contribution < 1.29 is 4.79 Å². The number of carbonyl (C=O) groups is 1. The summed E-state index contributed by atoms with van der Waals surface area (Å²) in [5, 5.41) is 2.88. The Hall–Kier alpha value is -1.39. The summed E-state index contributed by atoms with van der Waals surface area (Å²) in [6.45, 7) is 9.58. The van der Waals surface area contributed by atoms with E-state index in [1.807, 2.05) is 26.0 Å². The fraction of sp³-hybridized carbons (Fsp3) is 0.611. The van der Waals surface area contributed by atoms with E-state index in [-0.39, 0.29) is 11.8 Å². The second-order valence-electron chi connectivity index (χ2n) is 6.94. The van der Waals surface area contributed by atoms with Crippen LogP contribution in [0.3, 0.4) is 0 Å². The van der Waals surface area contributed by atoms with Crippen LogP contribution in [0.5, 0.6) is 0 Å². The minimum Gasteiger partial charge on any atom is -0.325 e. The van der Waals surface area contributed by atoms with Crippen molar-refractivity contribution in [3.8, 4) is 0 Å². The summed E-state index contributed by atoms with van der Waals surface area (Å²) in [7, 11) is 0. The van der Waals surface area contributed by atoms with Crippen LogP contribution in [0.15, 0.2) is 24.3 Å². The predicted molar refractivity (Wildman–Crippen MR) is 91.6 cm³/mol. The molecule has 1 aliphatic heterocycles. The van der Waals surface area contributed by atoms with Crippen molar-refractivity contribution in [1.82, 2.24) is 4.90 Å². The summed E-state index contributed by atoms with van der Waals surface area (Å²) < 4.78 is 0. The molecule has 22 heavy (non-hydrogen) atoms. The second kappa shape index (κ2) is 7.75. The van der Waals surface area contributed by atoms with Crippen molar-refractivity contribution in [2.24, 2.45) is 17.6 Å². The molecular formula is C18H29N3O. The number of benzene rings is 1. The van der Waals surface area contributed by atoms with E-state index >= 15 is 0 Å². The first kappa shape index (κ1) is 17.0. The molecule has 0 saturated carbocycles. The summed E-state index contributed by atoms with van der Waals surface area (Å²) in [4.78, 5) is 14.5. The summed E-state index contributed by atoms with van der Waals surface area (Å²) in [6, 6.07) is 7.65. The van der Waals surface area contributed by atoms with Gasteiger partial charge in [0.15, 0.2) is 0 Å². The molecule has 0 spiro atoms. The van der Waals surface area contributed by atoms with Gasteiger partial charge < -0.3 is 11.1 Å². The van der Waals surface area contributed by atoms with Crippen molar-refractivity contribution in [1.29, 1.82) is 0 Å². The van der Waals surface area contributed by atoms with Gasteiger partial charge in [-0.2, -0.15) is 0 Å². The van der Waals surface area contributed by atoms with Gasteiger partial charge in [-0.15, -0.1) is 0 Å². The van der Waals surface area contributed by atoms with Crippen LogP contribution in [0.25, 0.3) is 0 Å². The number of rotatable bonds is 5. The third-order valence-corrected chi connectivity index (χ3v) is 4.39. The van der Waals surface area contributed by atoms with Gasteiger partial charge in [0.25, 0.3) is 0 Å². The average molecular weight is 303 g/mol. The number of hydrogen-bond donors (Lipinski definition) is 2. The van der Waals surface area contributed by atoms with Gasteiger partial charge >= 0.3 is 0 Å². The summed E-state index contributed by atoms with van der Waals surface area (Å²) >= 11 is 0. The average Bonchev–Trinajstić information content (AvgIpc) is 2.48. The first-order chi connectivity index (χ1) is 10.5. The number of piperidine rings is 1. The third-order valence-electron chi connectivity index (χ3n) is 4.39. The Morgan fingerprint density at radius 3 is 2.64 bits per heavy atom. The Bertz CT molecular complexity index is 484. The molecular weight excluding hydrogens is 274 g/mol. The maximum absolute atomic E-state index is 11.9. The third kappa shape index (κ3) is 4.82. The number of nitrogens with zero attached hydrogens (tertiary/aromatic N) is 1. The molecule has 0 radical (unpaired) electrons. The van der Waals surface area contributed by atoms with Crippen molar-refractivity contribution in [2.75, 3.05) is 18.4 Å². The zero-order valence-corrected chi connectivity index (χ0v) is 14.0. The Morgan fingerprint density at radius 1 is 1.36 bits per heavy atom. The molecule has 1 aromatic carbocycles. The number of nitrogens with one attached hydrogen (secondary N) is 1. The SMILES string of the molecule is CC1CCCN(Cc2ccc(NC(=O)[C@@H](N)C(C)C)cc2)C1. The van der Waals surface area contributed by atoms with E-state index < -0.39 is 6.04 Å². The maximum Gasteiger partial charge on any atom is 0.241 e. The molecule has 0 aliphatic carbocycles. The first-order valence-electron chi connectivity index (χ1n) is 8.33. The van der Waals surface area contributed by atoms with E-state index in [0.717, 1.165) is 18.2 Å². The van der Waals surface area contributed by atoms with E-state index in [2.05, 4.69) is 29.3 Å². The Balaban J connectivity index is 1.88. The van der Waals surface area contributed by atoms with Gasteiger partial charge in [-0.3, -0.25) is 9.69 Å². The highest BCUT2D eigenvalue weighted by atomic mass is 16.2. The number of anilines is 1. The monoisotopic (exact) mass is 303 g/mol. The lowest BCUT2D eigenvalue weighted by atomic mass is 10.00. The van der Waals surface area contributed by atoms with Crippen molar-refractivity contribution in [3.05, 3.63) is 29.8 Å². The molecule has 1 saturated heterocycles. The molecule has 1 heterocycles. The maximum atomic E-state index is 11.9. The summed E-state index contributed by atoms with van der Waals surface area (Å²) in [5.41, 5.74) is 7.96. The smallest absolute Gasteiger partial charge is 0.241 e. The lowest BCUT2D eigenvalue weighted by Crippen LogP contribution is -2.39. The Kier molecular flexibility index (Phi) is 5.98. The topological polar surface area (TPSA) is 58.4 Å². The van der Waals surface area contributed by atoms with Gasteiger partial charge in [-0.05, 0) is 48.9 Å². The Morgan fingerprint density at radius 2 is 2.05 bits per heavy atom. The quantitative estimate of drug-likeness (QED) is 0.879. The van der Waals surface area contributed by atoms with E-state index in [0.29, 0.717) is 0 Å². The van der Waals surface area contributed by atoms with Crippen molar-refractivity contribution >= 4 is 11.6 Å². The molecule has 0 bridgehead atoms. The molecule has 1 fully saturated rings. The van der Waals surface area contributed by atoms with E-state index in [1.54, 1.807) is 0 Å². The summed E-state index contributed by atoms with van der Waals surface area (Å²) in [6.07, 6.45) is 2.64. The van der Waals surface area contributed by atoms with Gasteiger partial charge in [0.1, 0.15) is 0 Å². The number of nitrogens with two attached hydrogens (primary N) is 1. The highest BCUT2D eigenvalue weighted by Crippen LogP contribution is 2.19. The second-order valence-corrected chi connectivity index (χ2v) is 6.94. The molecule has 122 valence electrons. The largest absolute Gasteiger partial charge is 0.325 e. The van der Waals surface area contributed by atoms with Gasteiger partial charge in [-0.25, -0.2) is 0 Å². The highest BCUT2D eigenvalue weighted by molar-refractivity contribution is 5.94. The van der Waals surface area contributed by atoms with E-state index in [4.69, 9.17) is 5.73 Å². The lowest BCUT2D eigenvalue weighted by Gasteiger charge is -2.30. The normalized spacial score (nSPS) is 20.9. The van der Waals surface area contributed by atoms with Gasteiger partial charge in [0, 0.05) is 18.8 Å². The van der Waals surface area contributed by atoms with Crippen LogP contribution in [0.4, 0.5) is 5.69 Å². The number of amides is 1. The lowest BCUT2D eigenvalue weighted by molar-refractivity contribution is -0.118. The van der Waals surface area contributed by atoms with Crippen LogP contribution in [0, 0.1) is 11.8 Å². The van der Waals surface area contributed by atoms with E-state index in [1.165, 1.54) is 31.5 Å². The zero-order valence-electron chi connectivity index (χ0n) is 14.0. The molecule has 0 aromatic heterocycles. The standard InChI is InChI=1S/C18H29N3O/c1-13(2)17(19)18(22)20-16-8-6-15(7-9-16)12-21-10-4-5-14(3)11-21/h6-9,13-14,17H,4-5,10-12,19H2,1-3H3,(H,20,22)/t14?,17-/m0/s1. The van der Waals surface area contributed by atoms with Crippen LogP contribution in [-0.2, 0) is 11.3 Å². The van der Waals surface area contributed by atoms with Crippen LogP contribution >= 0.6 is 0 Å². The molecule has 3 N–H and O–H groups in total. The van der Waals surface area contributed by atoms with Crippen LogP contribution in [0.2, 0.25) is 0 Å². The van der Waals surface area contributed by atoms with Crippen LogP contribution in [0.1, 0.15) is 39.2 Å². The number of hydrogen-bond acceptors (Lipinski definition) is 3. The molecule has 2 atom stereocenters. The molecule has 1 aromatic rings. The van der Waals surface area contributed by atoms with Gasteiger partial charge in [0.05, 0.1) is 6.04 Å². The molecule has 4 nitrogen and oxygen atoms in total. The molecule has 4 heteroatoms. The molecule has 1 aliphatic rings. The molecule has 1 amide bonds. The van der Waals surface area contributed by atoms with E-state index in [9.17, 15) is 4.79 Å². The van der Waals surface area contributed by atoms with Gasteiger partial charge in [-0.1, -0.05) is 32.9 Å². The predicted octanol–water partition coefficient (Wildman–Crippen LogP) is 2.84. The molecule has 1 unspecified atom stereocenters. The first-order valence-corrected chi connectivity index (χ1v) is 8.33. The van der Waals surface area contributed by atoms with Crippen LogP contribution < -0.4 is 11.1 Å². The number of likely N-dealkylation sites (tertiary alicyclic amines) is 1.